The van der Waals surface area contributed by atoms with E-state index in [9.17, 15) is 9.90 Å². The number of hydrogen-bond acceptors (Lipinski definition) is 7. The van der Waals surface area contributed by atoms with Gasteiger partial charge < -0.3 is 10.4 Å². The lowest BCUT2D eigenvalue weighted by Crippen LogP contribution is -2.35. The lowest BCUT2D eigenvalue weighted by atomic mass is 10.1. The van der Waals surface area contributed by atoms with Gasteiger partial charge in [-0.3, -0.25) is 10.3 Å². The van der Waals surface area contributed by atoms with Crippen molar-refractivity contribution >= 4 is 17.7 Å². The first kappa shape index (κ1) is 22.8. The van der Waals surface area contributed by atoms with Gasteiger partial charge in [-0.2, -0.15) is 5.11 Å². The van der Waals surface area contributed by atoms with E-state index >= 15 is 0 Å². The number of rotatable bonds is 14. The van der Waals surface area contributed by atoms with Crippen LogP contribution in [0.3, 0.4) is 0 Å². The minimum Gasteiger partial charge on any atom is -0.477 e. The Labute approximate surface area is 173 Å². The van der Waals surface area contributed by atoms with E-state index in [4.69, 9.17) is 0 Å². The van der Waals surface area contributed by atoms with E-state index in [1.807, 2.05) is 0 Å². The Hall–Kier alpha value is -2.45. The number of carbonyl (C=O) groups is 1. The summed E-state index contributed by atoms with van der Waals surface area (Å²) < 4.78 is 1.71. The molecule has 1 aliphatic rings. The van der Waals surface area contributed by atoms with Crippen molar-refractivity contribution in [1.82, 2.24) is 9.99 Å². The molecule has 0 spiro atoms. The second kappa shape index (κ2) is 12.2. The number of nitrogens with zero attached hydrogens (tertiary/aromatic N) is 5. The van der Waals surface area contributed by atoms with Gasteiger partial charge in [0.15, 0.2) is 5.56 Å². The number of anilines is 2. The van der Waals surface area contributed by atoms with Crippen molar-refractivity contribution in [2.24, 2.45) is 17.4 Å². The predicted octanol–water partition coefficient (Wildman–Crippen LogP) is 3.25. The molecule has 1 aliphatic heterocycles. The SMILES string of the molecule is CCCCCC1CN(CCCCCCNc2nc(NC)c(C(=O)O)c[n+]2C)N=N1. The number of aromatic nitrogens is 2. The Balaban J connectivity index is 1.59. The molecular formula is C20H36N7O2+. The third kappa shape index (κ3) is 7.47. The molecule has 0 aliphatic carbocycles. The largest absolute Gasteiger partial charge is 0.477 e. The molecule has 0 aromatic carbocycles. The lowest BCUT2D eigenvalue weighted by Gasteiger charge is -2.13. The molecule has 162 valence electrons. The highest BCUT2D eigenvalue weighted by atomic mass is 16.4. The average Bonchev–Trinajstić information content (AvgIpc) is 3.15. The van der Waals surface area contributed by atoms with Gasteiger partial charge in [0, 0.05) is 13.6 Å². The van der Waals surface area contributed by atoms with Gasteiger partial charge in [-0.15, -0.1) is 0 Å². The summed E-state index contributed by atoms with van der Waals surface area (Å²) in [5.74, 6) is 0.0330. The minimum atomic E-state index is -0.992. The fourth-order valence-electron chi connectivity index (χ4n) is 3.42. The Bertz CT molecular complexity index is 681. The molecule has 1 atom stereocenters. The zero-order valence-corrected chi connectivity index (χ0v) is 18.0. The first-order chi connectivity index (χ1) is 14.0. The van der Waals surface area contributed by atoms with Gasteiger partial charge in [-0.05, 0) is 19.3 Å². The predicted molar refractivity (Wildman–Crippen MR) is 113 cm³/mol. The molecule has 2 rings (SSSR count). The van der Waals surface area contributed by atoms with E-state index in [0.717, 1.165) is 51.7 Å². The molecule has 0 saturated heterocycles. The first-order valence-electron chi connectivity index (χ1n) is 10.8. The maximum absolute atomic E-state index is 11.2. The highest BCUT2D eigenvalue weighted by Gasteiger charge is 2.20. The van der Waals surface area contributed by atoms with Gasteiger partial charge >= 0.3 is 11.9 Å². The van der Waals surface area contributed by atoms with Crippen LogP contribution in [0, 0.1) is 0 Å². The number of unbranched alkanes of at least 4 members (excludes halogenated alkanes) is 5. The van der Waals surface area contributed by atoms with Crippen molar-refractivity contribution in [3.63, 3.8) is 0 Å². The number of aromatic carboxylic acids is 1. The second-order valence-electron chi connectivity index (χ2n) is 7.60. The quantitative estimate of drug-likeness (QED) is 0.323. The van der Waals surface area contributed by atoms with Gasteiger partial charge in [0.25, 0.3) is 0 Å². The molecule has 0 amide bonds. The molecular weight excluding hydrogens is 370 g/mol. The molecule has 1 aromatic rings. The van der Waals surface area contributed by atoms with Crippen molar-refractivity contribution in [3.05, 3.63) is 11.8 Å². The number of aryl methyl sites for hydroxylation is 1. The van der Waals surface area contributed by atoms with E-state index < -0.39 is 5.97 Å². The number of nitrogens with one attached hydrogen (secondary N) is 2. The van der Waals surface area contributed by atoms with E-state index in [1.54, 1.807) is 24.9 Å². The van der Waals surface area contributed by atoms with E-state index in [0.29, 0.717) is 17.8 Å². The van der Waals surface area contributed by atoms with Crippen molar-refractivity contribution in [3.8, 4) is 0 Å². The maximum atomic E-state index is 11.2. The van der Waals surface area contributed by atoms with E-state index in [2.05, 4.69) is 37.9 Å². The highest BCUT2D eigenvalue weighted by Crippen LogP contribution is 2.16. The molecule has 0 radical (unpaired) electrons. The Morgan fingerprint density at radius 1 is 1.28 bits per heavy atom. The van der Waals surface area contributed by atoms with E-state index in [-0.39, 0.29) is 5.56 Å². The van der Waals surface area contributed by atoms with Crippen LogP contribution in [0.5, 0.6) is 0 Å². The summed E-state index contributed by atoms with van der Waals surface area (Å²) in [6.45, 7) is 5.00. The molecule has 0 bridgehead atoms. The smallest absolute Gasteiger partial charge is 0.393 e. The van der Waals surface area contributed by atoms with E-state index in [1.165, 1.54) is 19.3 Å². The van der Waals surface area contributed by atoms with Crippen LogP contribution in [0.25, 0.3) is 0 Å². The molecule has 1 unspecified atom stereocenters. The van der Waals surface area contributed by atoms with Crippen LogP contribution in [-0.2, 0) is 7.05 Å². The lowest BCUT2D eigenvalue weighted by molar-refractivity contribution is -0.659. The topological polar surface area (TPSA) is 106 Å². The molecule has 0 fully saturated rings. The van der Waals surface area contributed by atoms with Crippen LogP contribution in [0.15, 0.2) is 16.5 Å². The highest BCUT2D eigenvalue weighted by molar-refractivity contribution is 5.92. The molecule has 9 nitrogen and oxygen atoms in total. The fourth-order valence-corrected chi connectivity index (χ4v) is 3.42. The van der Waals surface area contributed by atoms with Gasteiger partial charge in [-0.1, -0.05) is 49.2 Å². The van der Waals surface area contributed by atoms with Gasteiger partial charge in [0.05, 0.1) is 32.4 Å². The molecule has 1 aromatic heterocycles. The molecule has 0 saturated carbocycles. The summed E-state index contributed by atoms with van der Waals surface area (Å²) in [5, 5.41) is 26.1. The second-order valence-corrected chi connectivity index (χ2v) is 7.60. The van der Waals surface area contributed by atoms with Crippen molar-refractivity contribution < 1.29 is 14.5 Å². The standard InChI is InChI=1S/C20H35N7O2/c1-4-5-8-11-16-14-27(25-24-16)13-10-7-6-9-12-22-20-23-18(21-2)17(19(28)29)15-26(20)3/h15-16H,4-14H2,1-3H3,(H2,21,22,23,28,29)/p+1. The van der Waals surface area contributed by atoms with Crippen LogP contribution in [0.1, 0.15) is 68.6 Å². The summed E-state index contributed by atoms with van der Waals surface area (Å²) in [7, 11) is 3.47. The number of carboxylic acids is 1. The van der Waals surface area contributed by atoms with Crippen LogP contribution in [-0.4, -0.2) is 53.8 Å². The molecule has 2 heterocycles. The van der Waals surface area contributed by atoms with Crippen LogP contribution in [0.2, 0.25) is 0 Å². The average molecular weight is 407 g/mol. The zero-order valence-electron chi connectivity index (χ0n) is 18.0. The summed E-state index contributed by atoms with van der Waals surface area (Å²) in [6.07, 6.45) is 11.0. The van der Waals surface area contributed by atoms with Gasteiger partial charge in [0.2, 0.25) is 5.82 Å². The monoisotopic (exact) mass is 406 g/mol. The fraction of sp³-hybridized carbons (Fsp3) is 0.750. The van der Waals surface area contributed by atoms with Crippen LogP contribution >= 0.6 is 0 Å². The Morgan fingerprint density at radius 3 is 2.79 bits per heavy atom. The van der Waals surface area contributed by atoms with Gasteiger partial charge in [-0.25, -0.2) is 9.36 Å². The zero-order chi connectivity index (χ0) is 21.1. The number of hydrogen-bond donors (Lipinski definition) is 3. The van der Waals surface area contributed by atoms with Crippen LogP contribution < -0.4 is 15.2 Å². The van der Waals surface area contributed by atoms with Crippen molar-refractivity contribution in [2.75, 3.05) is 37.3 Å². The van der Waals surface area contributed by atoms with Crippen molar-refractivity contribution in [1.29, 1.82) is 0 Å². The molecule has 29 heavy (non-hydrogen) atoms. The van der Waals surface area contributed by atoms with Crippen molar-refractivity contribution in [2.45, 2.75) is 64.3 Å². The van der Waals surface area contributed by atoms with Gasteiger partial charge in [0.1, 0.15) is 0 Å². The summed E-state index contributed by atoms with van der Waals surface area (Å²) in [6, 6.07) is 0.397. The normalized spacial score (nSPS) is 15.7. The van der Waals surface area contributed by atoms with Crippen LogP contribution in [0.4, 0.5) is 11.8 Å². The number of carboxylic acid groups (broad SMARTS) is 1. The summed E-state index contributed by atoms with van der Waals surface area (Å²) >= 11 is 0. The first-order valence-corrected chi connectivity index (χ1v) is 10.8. The summed E-state index contributed by atoms with van der Waals surface area (Å²) in [4.78, 5) is 15.6. The molecule has 3 N–H and O–H groups in total. The third-order valence-corrected chi connectivity index (χ3v) is 5.13. The maximum Gasteiger partial charge on any atom is 0.393 e. The Morgan fingerprint density at radius 2 is 2.07 bits per heavy atom. The minimum absolute atomic E-state index is 0.159. The Kier molecular flexibility index (Phi) is 9.59. The molecule has 9 heteroatoms. The third-order valence-electron chi connectivity index (χ3n) is 5.13. The summed E-state index contributed by atoms with van der Waals surface area (Å²) in [5.41, 5.74) is 0.159.